The predicted octanol–water partition coefficient (Wildman–Crippen LogP) is 6.57. The van der Waals surface area contributed by atoms with Gasteiger partial charge >= 0.3 is 12.1 Å². The summed E-state index contributed by atoms with van der Waals surface area (Å²) in [4.78, 5) is 24.0. The van der Waals surface area contributed by atoms with E-state index >= 15 is 4.39 Å². The Morgan fingerprint density at radius 1 is 0.979 bits per heavy atom. The lowest BCUT2D eigenvalue weighted by Gasteiger charge is -2.34. The number of alkyl carbamates (subject to hydrolysis) is 1. The van der Waals surface area contributed by atoms with Gasteiger partial charge in [0.25, 0.3) is 0 Å². The van der Waals surface area contributed by atoms with Crippen molar-refractivity contribution in [3.63, 3.8) is 0 Å². The summed E-state index contributed by atoms with van der Waals surface area (Å²) in [7, 11) is 0. The van der Waals surface area contributed by atoms with E-state index in [2.05, 4.69) is 20.5 Å². The highest BCUT2D eigenvalue weighted by atomic mass is 19.1. The van der Waals surface area contributed by atoms with Crippen molar-refractivity contribution in [2.45, 2.75) is 45.4 Å². The van der Waals surface area contributed by atoms with Gasteiger partial charge in [0.2, 0.25) is 0 Å². The van der Waals surface area contributed by atoms with Crippen LogP contribution in [-0.2, 0) is 11.3 Å². The molecule has 1 aromatic heterocycles. The average Bonchev–Trinajstić information content (AvgIpc) is 3.42. The summed E-state index contributed by atoms with van der Waals surface area (Å²) >= 11 is 0. The molecule has 2 saturated heterocycles. The van der Waals surface area contributed by atoms with E-state index in [1.54, 1.807) is 18.2 Å². The topological polar surface area (TPSA) is 109 Å². The second-order valence-corrected chi connectivity index (χ2v) is 13.3. The summed E-state index contributed by atoms with van der Waals surface area (Å²) in [5, 5.41) is 19.2. The van der Waals surface area contributed by atoms with Crippen molar-refractivity contribution in [3.05, 3.63) is 90.2 Å². The Kier molecular flexibility index (Phi) is 8.28. The van der Waals surface area contributed by atoms with Gasteiger partial charge in [-0.05, 0) is 52.9 Å². The normalized spacial score (nSPS) is 17.6. The molecule has 2 bridgehead atoms. The van der Waals surface area contributed by atoms with Gasteiger partial charge < -0.3 is 30.1 Å². The van der Waals surface area contributed by atoms with E-state index in [0.29, 0.717) is 34.4 Å². The van der Waals surface area contributed by atoms with Crippen molar-refractivity contribution < 1.29 is 23.8 Å². The van der Waals surface area contributed by atoms with Gasteiger partial charge in [0.15, 0.2) is 5.82 Å². The molecular formula is C37H38FN5O4. The van der Waals surface area contributed by atoms with Crippen LogP contribution in [0.15, 0.2) is 78.9 Å². The van der Waals surface area contributed by atoms with Crippen LogP contribution in [0.5, 0.6) is 11.8 Å². The Morgan fingerprint density at radius 3 is 2.51 bits per heavy atom. The first-order valence-corrected chi connectivity index (χ1v) is 16.0. The lowest BCUT2D eigenvalue weighted by atomic mass is 9.95. The lowest BCUT2D eigenvalue weighted by molar-refractivity contribution is 0.125. The molecule has 0 aliphatic carbocycles. The first kappa shape index (κ1) is 30.7. The number of hydrogen-bond donors (Lipinski definition) is 3. The largest absolute Gasteiger partial charge is 0.508 e. The number of hydrogen-bond acceptors (Lipinski definition) is 8. The minimum Gasteiger partial charge on any atom is -0.508 e. The molecule has 47 heavy (non-hydrogen) atoms. The highest BCUT2D eigenvalue weighted by Gasteiger charge is 2.34. The fourth-order valence-electron chi connectivity index (χ4n) is 6.52. The zero-order valence-electron chi connectivity index (χ0n) is 26.5. The number of anilines is 1. The number of nitrogens with one attached hydrogen (secondary N) is 2. The number of aromatic hydroxyl groups is 1. The van der Waals surface area contributed by atoms with Crippen LogP contribution >= 0.6 is 0 Å². The van der Waals surface area contributed by atoms with Crippen molar-refractivity contribution >= 4 is 33.6 Å². The summed E-state index contributed by atoms with van der Waals surface area (Å²) in [5.41, 5.74) is 1.45. The summed E-state index contributed by atoms with van der Waals surface area (Å²) in [5.74, 6) is 0.184. The molecule has 242 valence electrons. The summed E-state index contributed by atoms with van der Waals surface area (Å²) < 4.78 is 28.2. The van der Waals surface area contributed by atoms with Gasteiger partial charge in [0.05, 0.1) is 6.61 Å². The van der Waals surface area contributed by atoms with Crippen molar-refractivity contribution in [3.8, 4) is 22.9 Å². The molecular weight excluding hydrogens is 597 g/mol. The molecule has 10 heteroatoms. The number of phenolic OH excluding ortho intramolecular Hbond substituents is 1. The molecule has 9 nitrogen and oxygen atoms in total. The van der Waals surface area contributed by atoms with E-state index < -0.39 is 17.3 Å². The maximum absolute atomic E-state index is 16.7. The first-order chi connectivity index (χ1) is 22.7. The molecule has 0 spiro atoms. The number of ether oxygens (including phenoxy) is 2. The smallest absolute Gasteiger partial charge is 0.407 e. The van der Waals surface area contributed by atoms with Crippen LogP contribution < -0.4 is 20.3 Å². The van der Waals surface area contributed by atoms with Gasteiger partial charge in [-0.1, -0.05) is 74.5 Å². The number of phenols is 1. The van der Waals surface area contributed by atoms with Crippen LogP contribution in [0.3, 0.4) is 0 Å². The van der Waals surface area contributed by atoms with Gasteiger partial charge in [-0.15, -0.1) is 0 Å². The molecule has 7 rings (SSSR count). The maximum Gasteiger partial charge on any atom is 0.407 e. The number of nitrogens with zero attached hydrogens (tertiary/aromatic N) is 3. The molecule has 1 amide bonds. The average molecular weight is 636 g/mol. The molecule has 0 unspecified atom stereocenters. The Labute approximate surface area is 272 Å². The first-order valence-electron chi connectivity index (χ1n) is 16.0. The van der Waals surface area contributed by atoms with Crippen LogP contribution in [0.4, 0.5) is 15.0 Å². The number of rotatable bonds is 9. The second kappa shape index (κ2) is 12.7. The fraction of sp³-hybridized carbons (Fsp3) is 0.324. The monoisotopic (exact) mass is 635 g/mol. The summed E-state index contributed by atoms with van der Waals surface area (Å²) in [6, 6.07) is 24.7. The SMILES string of the molecule is CC(C)(CNC(=O)OCc1ccccc1)COc1nc(N2C[C@H]3CC[C@@H](C2)N3)c2ccc(-c3cc(O)cc4ccccc34)c(F)c2n1. The van der Waals surface area contributed by atoms with Crippen molar-refractivity contribution in [1.29, 1.82) is 0 Å². The van der Waals surface area contributed by atoms with E-state index in [-0.39, 0.29) is 37.0 Å². The zero-order valence-corrected chi connectivity index (χ0v) is 26.5. The highest BCUT2D eigenvalue weighted by molar-refractivity contribution is 6.01. The minimum absolute atomic E-state index is 0.0571. The van der Waals surface area contributed by atoms with Crippen molar-refractivity contribution in [2.75, 3.05) is 31.1 Å². The van der Waals surface area contributed by atoms with E-state index in [4.69, 9.17) is 14.5 Å². The third-order valence-corrected chi connectivity index (χ3v) is 8.93. The predicted molar refractivity (Wildman–Crippen MR) is 180 cm³/mol. The number of benzene rings is 4. The molecule has 5 aromatic rings. The van der Waals surface area contributed by atoms with E-state index in [1.165, 1.54) is 0 Å². The van der Waals surface area contributed by atoms with Gasteiger partial charge in [-0.25, -0.2) is 9.18 Å². The van der Waals surface area contributed by atoms with E-state index in [1.807, 2.05) is 74.5 Å². The van der Waals surface area contributed by atoms with Gasteiger partial charge in [-0.3, -0.25) is 0 Å². The van der Waals surface area contributed by atoms with Crippen LogP contribution in [0.25, 0.3) is 32.8 Å². The number of aromatic nitrogens is 2. The number of piperazine rings is 1. The fourth-order valence-corrected chi connectivity index (χ4v) is 6.52. The Hall–Kier alpha value is -4.96. The molecule has 4 aromatic carbocycles. The molecule has 2 fully saturated rings. The standard InChI is InChI=1S/C37H38FN5O4/c1-37(2,21-39-36(45)46-20-23-8-4-3-5-9-23)22-47-35-41-33-30(34(42-35)43-18-25-12-13-26(19-43)40-25)15-14-29(32(33)38)31-17-27(44)16-24-10-6-7-11-28(24)31/h3-11,14-17,25-26,40,44H,12-13,18-22H2,1-2H3,(H,39,45)/t25-,26+. The summed E-state index contributed by atoms with van der Waals surface area (Å²) in [6.07, 6.45) is 1.66. The summed E-state index contributed by atoms with van der Waals surface area (Å²) in [6.45, 7) is 6.04. The number of fused-ring (bicyclic) bond motifs is 4. The molecule has 3 N–H and O–H groups in total. The quantitative estimate of drug-likeness (QED) is 0.167. The molecule has 2 atom stereocenters. The number of halogens is 1. The molecule has 0 saturated carbocycles. The van der Waals surface area contributed by atoms with Gasteiger partial charge in [0.1, 0.15) is 23.7 Å². The molecule has 3 heterocycles. The molecule has 2 aliphatic rings. The van der Waals surface area contributed by atoms with E-state index in [0.717, 1.165) is 42.3 Å². The van der Waals surface area contributed by atoms with Crippen LogP contribution in [-0.4, -0.2) is 59.5 Å². The number of amides is 1. The third-order valence-electron chi connectivity index (χ3n) is 8.93. The number of carbonyl (C=O) groups is 1. The zero-order chi connectivity index (χ0) is 32.5. The van der Waals surface area contributed by atoms with Crippen LogP contribution in [0.1, 0.15) is 32.3 Å². The minimum atomic E-state index is -0.520. The lowest BCUT2D eigenvalue weighted by Crippen LogP contribution is -2.51. The van der Waals surface area contributed by atoms with Crippen molar-refractivity contribution in [1.82, 2.24) is 20.6 Å². The third kappa shape index (κ3) is 6.64. The van der Waals surface area contributed by atoms with Gasteiger partial charge in [0, 0.05) is 48.1 Å². The Morgan fingerprint density at radius 2 is 1.72 bits per heavy atom. The molecule has 2 aliphatic heterocycles. The second-order valence-electron chi connectivity index (χ2n) is 13.3. The van der Waals surface area contributed by atoms with Crippen LogP contribution in [0.2, 0.25) is 0 Å². The van der Waals surface area contributed by atoms with Crippen LogP contribution in [0, 0.1) is 11.2 Å². The Balaban J connectivity index is 1.17. The van der Waals surface area contributed by atoms with E-state index in [9.17, 15) is 9.90 Å². The maximum atomic E-state index is 16.7. The van der Waals surface area contributed by atoms with Crippen molar-refractivity contribution in [2.24, 2.45) is 5.41 Å². The highest BCUT2D eigenvalue weighted by Crippen LogP contribution is 2.39. The molecule has 0 radical (unpaired) electrons. The van der Waals surface area contributed by atoms with Gasteiger partial charge in [-0.2, -0.15) is 9.97 Å². The Bertz CT molecular complexity index is 1920. The number of carbonyl (C=O) groups excluding carboxylic acids is 1.